The molecule has 1 unspecified atom stereocenters. The van der Waals surface area contributed by atoms with Crippen molar-refractivity contribution in [3.63, 3.8) is 0 Å². The molecule has 2 rings (SSSR count). The molecule has 0 radical (unpaired) electrons. The maximum absolute atomic E-state index is 11.9. The van der Waals surface area contributed by atoms with Crippen molar-refractivity contribution in [2.45, 2.75) is 13.3 Å². The van der Waals surface area contributed by atoms with Crippen LogP contribution in [0, 0.1) is 12.8 Å². The van der Waals surface area contributed by atoms with Gasteiger partial charge in [0.1, 0.15) is 0 Å². The first-order chi connectivity index (χ1) is 10.5. The zero-order valence-electron chi connectivity index (χ0n) is 12.6. The summed E-state index contributed by atoms with van der Waals surface area (Å²) in [5.41, 5.74) is 2.44. The summed E-state index contributed by atoms with van der Waals surface area (Å²) in [4.78, 5) is 23.3. The Hall–Kier alpha value is -2.63. The number of aliphatic carboxylic acids is 1. The molecule has 1 atom stereocenters. The standard InChI is InChI=1S/C16H19N3O3/c1-11-5-3-4-6-12(11)7-13(16(21)22)8-17-15(20)14-9-18-19(2)10-14/h3-6,9-10,13H,7-8H2,1-2H3,(H,17,20)(H,21,22). The molecular formula is C16H19N3O3. The molecule has 116 valence electrons. The van der Waals surface area contributed by atoms with E-state index in [1.807, 2.05) is 31.2 Å². The quantitative estimate of drug-likeness (QED) is 0.844. The van der Waals surface area contributed by atoms with Gasteiger partial charge in [0, 0.05) is 19.8 Å². The van der Waals surface area contributed by atoms with E-state index in [1.54, 1.807) is 13.2 Å². The van der Waals surface area contributed by atoms with E-state index in [2.05, 4.69) is 10.4 Å². The second-order valence-corrected chi connectivity index (χ2v) is 5.28. The number of amides is 1. The lowest BCUT2D eigenvalue weighted by atomic mass is 9.96. The van der Waals surface area contributed by atoms with Crippen LogP contribution in [-0.2, 0) is 18.3 Å². The summed E-state index contributed by atoms with van der Waals surface area (Å²) in [7, 11) is 1.72. The Morgan fingerprint density at radius 3 is 2.68 bits per heavy atom. The van der Waals surface area contributed by atoms with E-state index in [0.717, 1.165) is 11.1 Å². The van der Waals surface area contributed by atoms with Crippen LogP contribution in [0.15, 0.2) is 36.7 Å². The number of carboxylic acids is 1. The molecule has 0 saturated heterocycles. The predicted octanol–water partition coefficient (Wildman–Crippen LogP) is 1.40. The number of aromatic nitrogens is 2. The van der Waals surface area contributed by atoms with Crippen molar-refractivity contribution in [1.82, 2.24) is 15.1 Å². The fourth-order valence-electron chi connectivity index (χ4n) is 2.21. The molecule has 0 spiro atoms. The molecule has 1 amide bonds. The Kier molecular flexibility index (Phi) is 4.93. The first kappa shape index (κ1) is 15.8. The number of aryl methyl sites for hydroxylation is 2. The lowest BCUT2D eigenvalue weighted by Crippen LogP contribution is -2.34. The third kappa shape index (κ3) is 3.94. The van der Waals surface area contributed by atoms with Crippen LogP contribution < -0.4 is 5.32 Å². The van der Waals surface area contributed by atoms with Gasteiger partial charge >= 0.3 is 5.97 Å². The highest BCUT2D eigenvalue weighted by molar-refractivity contribution is 5.93. The number of benzene rings is 1. The summed E-state index contributed by atoms with van der Waals surface area (Å²) in [6, 6.07) is 7.66. The van der Waals surface area contributed by atoms with Crippen molar-refractivity contribution in [3.05, 3.63) is 53.3 Å². The Bertz CT molecular complexity index is 679. The Labute approximate surface area is 128 Å². The first-order valence-corrected chi connectivity index (χ1v) is 7.01. The topological polar surface area (TPSA) is 84.2 Å². The van der Waals surface area contributed by atoms with Crippen LogP contribution >= 0.6 is 0 Å². The molecule has 0 aliphatic rings. The fourth-order valence-corrected chi connectivity index (χ4v) is 2.21. The van der Waals surface area contributed by atoms with Crippen molar-refractivity contribution in [2.24, 2.45) is 13.0 Å². The number of carbonyl (C=O) groups is 2. The minimum atomic E-state index is -0.922. The van der Waals surface area contributed by atoms with Gasteiger partial charge < -0.3 is 10.4 Å². The molecule has 0 aliphatic heterocycles. The third-order valence-corrected chi connectivity index (χ3v) is 3.55. The molecule has 0 aliphatic carbocycles. The highest BCUT2D eigenvalue weighted by atomic mass is 16.4. The van der Waals surface area contributed by atoms with Gasteiger partial charge in [-0.3, -0.25) is 14.3 Å². The number of nitrogens with one attached hydrogen (secondary N) is 1. The van der Waals surface area contributed by atoms with Gasteiger partial charge in [0.05, 0.1) is 17.7 Å². The summed E-state index contributed by atoms with van der Waals surface area (Å²) < 4.78 is 1.52. The van der Waals surface area contributed by atoms with Gasteiger partial charge in [0.25, 0.3) is 5.91 Å². The number of carboxylic acid groups (broad SMARTS) is 1. The zero-order valence-corrected chi connectivity index (χ0v) is 12.6. The summed E-state index contributed by atoms with van der Waals surface area (Å²) >= 11 is 0. The van der Waals surface area contributed by atoms with Crippen LogP contribution in [0.4, 0.5) is 0 Å². The molecule has 1 aromatic heterocycles. The van der Waals surface area contributed by atoms with Gasteiger partial charge in [-0.2, -0.15) is 5.10 Å². The molecule has 0 fully saturated rings. The van der Waals surface area contributed by atoms with Crippen LogP contribution in [-0.4, -0.2) is 33.3 Å². The van der Waals surface area contributed by atoms with Crippen molar-refractivity contribution in [1.29, 1.82) is 0 Å². The number of hydrogen-bond donors (Lipinski definition) is 2. The van der Waals surface area contributed by atoms with E-state index < -0.39 is 11.9 Å². The maximum atomic E-state index is 11.9. The van der Waals surface area contributed by atoms with Gasteiger partial charge in [-0.15, -0.1) is 0 Å². The fraction of sp³-hybridized carbons (Fsp3) is 0.312. The van der Waals surface area contributed by atoms with Crippen LogP contribution in [0.5, 0.6) is 0 Å². The average molecular weight is 301 g/mol. The molecule has 1 aromatic carbocycles. The lowest BCUT2D eigenvalue weighted by Gasteiger charge is -2.14. The summed E-state index contributed by atoms with van der Waals surface area (Å²) in [5, 5.41) is 15.9. The lowest BCUT2D eigenvalue weighted by molar-refractivity contribution is -0.141. The van der Waals surface area contributed by atoms with Gasteiger partial charge in [0.2, 0.25) is 0 Å². The smallest absolute Gasteiger partial charge is 0.308 e. The van der Waals surface area contributed by atoms with Crippen molar-refractivity contribution in [2.75, 3.05) is 6.54 Å². The summed E-state index contributed by atoms with van der Waals surface area (Å²) in [6.45, 7) is 2.03. The van der Waals surface area contributed by atoms with E-state index in [9.17, 15) is 14.7 Å². The van der Waals surface area contributed by atoms with E-state index in [4.69, 9.17) is 0 Å². The average Bonchev–Trinajstić information content (AvgIpc) is 2.91. The largest absolute Gasteiger partial charge is 0.481 e. The summed E-state index contributed by atoms with van der Waals surface area (Å²) in [6.07, 6.45) is 3.42. The van der Waals surface area contributed by atoms with E-state index >= 15 is 0 Å². The van der Waals surface area contributed by atoms with Crippen molar-refractivity contribution < 1.29 is 14.7 Å². The van der Waals surface area contributed by atoms with Gasteiger partial charge in [0.15, 0.2) is 0 Å². The van der Waals surface area contributed by atoms with Gasteiger partial charge in [-0.25, -0.2) is 0 Å². The molecular weight excluding hydrogens is 282 g/mol. The SMILES string of the molecule is Cc1ccccc1CC(CNC(=O)c1cnn(C)c1)C(=O)O. The minimum Gasteiger partial charge on any atom is -0.481 e. The number of hydrogen-bond acceptors (Lipinski definition) is 3. The van der Waals surface area contributed by atoms with Crippen LogP contribution in [0.1, 0.15) is 21.5 Å². The monoisotopic (exact) mass is 301 g/mol. The van der Waals surface area contributed by atoms with Crippen molar-refractivity contribution in [3.8, 4) is 0 Å². The third-order valence-electron chi connectivity index (χ3n) is 3.55. The second-order valence-electron chi connectivity index (χ2n) is 5.28. The predicted molar refractivity (Wildman–Crippen MR) is 81.6 cm³/mol. The minimum absolute atomic E-state index is 0.0807. The Morgan fingerprint density at radius 1 is 1.36 bits per heavy atom. The van der Waals surface area contributed by atoms with Crippen molar-refractivity contribution >= 4 is 11.9 Å². The van der Waals surface area contributed by atoms with Crippen LogP contribution in [0.3, 0.4) is 0 Å². The molecule has 6 nitrogen and oxygen atoms in total. The molecule has 2 aromatic rings. The zero-order chi connectivity index (χ0) is 16.1. The molecule has 0 saturated carbocycles. The first-order valence-electron chi connectivity index (χ1n) is 7.01. The van der Waals surface area contributed by atoms with Crippen LogP contribution in [0.2, 0.25) is 0 Å². The number of carbonyl (C=O) groups excluding carboxylic acids is 1. The van der Waals surface area contributed by atoms with E-state index in [0.29, 0.717) is 12.0 Å². The highest BCUT2D eigenvalue weighted by Gasteiger charge is 2.20. The summed E-state index contributed by atoms with van der Waals surface area (Å²) in [5.74, 6) is -1.90. The molecule has 1 heterocycles. The Balaban J connectivity index is 1.99. The van der Waals surface area contributed by atoms with E-state index in [-0.39, 0.29) is 12.5 Å². The number of rotatable bonds is 6. The van der Waals surface area contributed by atoms with E-state index in [1.165, 1.54) is 10.9 Å². The highest BCUT2D eigenvalue weighted by Crippen LogP contribution is 2.13. The Morgan fingerprint density at radius 2 is 2.09 bits per heavy atom. The normalized spacial score (nSPS) is 11.9. The second kappa shape index (κ2) is 6.89. The maximum Gasteiger partial charge on any atom is 0.308 e. The number of nitrogens with zero attached hydrogens (tertiary/aromatic N) is 2. The molecule has 0 bridgehead atoms. The molecule has 6 heteroatoms. The molecule has 22 heavy (non-hydrogen) atoms. The van der Waals surface area contributed by atoms with Gasteiger partial charge in [-0.1, -0.05) is 24.3 Å². The van der Waals surface area contributed by atoms with Crippen LogP contribution in [0.25, 0.3) is 0 Å². The van der Waals surface area contributed by atoms with Gasteiger partial charge in [-0.05, 0) is 24.5 Å². The molecule has 2 N–H and O–H groups in total.